The zero-order chi connectivity index (χ0) is 15.2. The minimum atomic E-state index is -1.05. The Morgan fingerprint density at radius 2 is 2.05 bits per heavy atom. The number of anilines is 1. The maximum atomic E-state index is 10.9. The average Bonchev–Trinajstić information content (AvgIpc) is 2.85. The Morgan fingerprint density at radius 1 is 1.33 bits per heavy atom. The molecule has 0 amide bonds. The van der Waals surface area contributed by atoms with E-state index in [0.717, 1.165) is 17.9 Å². The lowest BCUT2D eigenvalue weighted by atomic mass is 10.2. The van der Waals surface area contributed by atoms with Crippen molar-refractivity contribution in [2.45, 2.75) is 26.8 Å². The number of rotatable bonds is 7. The van der Waals surface area contributed by atoms with Gasteiger partial charge in [0.25, 0.3) is 0 Å². The molecule has 0 fully saturated rings. The first-order valence-electron chi connectivity index (χ1n) is 6.89. The Kier molecular flexibility index (Phi) is 4.87. The normalized spacial score (nSPS) is 10.4. The highest BCUT2D eigenvalue weighted by molar-refractivity contribution is 5.86. The topological polar surface area (TPSA) is 71.7 Å². The minimum absolute atomic E-state index is 0.00452. The van der Waals surface area contributed by atoms with E-state index in [1.807, 2.05) is 24.3 Å². The van der Waals surface area contributed by atoms with E-state index in [2.05, 4.69) is 12.2 Å². The van der Waals surface area contributed by atoms with Crippen LogP contribution < -0.4 is 10.1 Å². The van der Waals surface area contributed by atoms with Gasteiger partial charge in [-0.25, -0.2) is 4.79 Å². The number of aryl methyl sites for hydroxylation is 1. The molecule has 0 saturated carbocycles. The van der Waals surface area contributed by atoms with Gasteiger partial charge in [0.2, 0.25) is 5.76 Å². The largest absolute Gasteiger partial charge is 0.494 e. The number of carbonyl (C=O) groups is 1. The van der Waals surface area contributed by atoms with Gasteiger partial charge in [0.05, 0.1) is 13.2 Å². The molecule has 21 heavy (non-hydrogen) atoms. The Hall–Kier alpha value is -2.43. The maximum Gasteiger partial charge on any atom is 0.372 e. The molecule has 2 aromatic rings. The Morgan fingerprint density at radius 3 is 2.62 bits per heavy atom. The number of ether oxygens (including phenoxy) is 1. The summed E-state index contributed by atoms with van der Waals surface area (Å²) in [7, 11) is 0. The molecule has 2 N–H and O–H groups in total. The molecule has 0 saturated heterocycles. The van der Waals surface area contributed by atoms with Gasteiger partial charge in [-0.2, -0.15) is 0 Å². The molecule has 1 aromatic heterocycles. The van der Waals surface area contributed by atoms with Crippen LogP contribution in [0.25, 0.3) is 0 Å². The van der Waals surface area contributed by atoms with E-state index in [1.54, 1.807) is 13.0 Å². The summed E-state index contributed by atoms with van der Waals surface area (Å²) in [6, 6.07) is 9.36. The number of carboxylic acid groups (broad SMARTS) is 1. The molecule has 0 aliphatic carbocycles. The lowest BCUT2D eigenvalue weighted by molar-refractivity contribution is 0.0659. The number of hydrogen-bond acceptors (Lipinski definition) is 4. The van der Waals surface area contributed by atoms with Gasteiger partial charge >= 0.3 is 5.97 Å². The van der Waals surface area contributed by atoms with Gasteiger partial charge in [0.15, 0.2) is 0 Å². The number of carboxylic acids is 1. The third-order valence-electron chi connectivity index (χ3n) is 2.96. The first kappa shape index (κ1) is 15.0. The molecular formula is C16H19NO4. The van der Waals surface area contributed by atoms with Gasteiger partial charge in [-0.3, -0.25) is 0 Å². The highest BCUT2D eigenvalue weighted by atomic mass is 16.5. The molecule has 0 atom stereocenters. The van der Waals surface area contributed by atoms with Crippen molar-refractivity contribution in [1.82, 2.24) is 0 Å². The van der Waals surface area contributed by atoms with Gasteiger partial charge in [0, 0.05) is 11.3 Å². The van der Waals surface area contributed by atoms with Gasteiger partial charge in [-0.1, -0.05) is 6.92 Å². The third-order valence-corrected chi connectivity index (χ3v) is 2.96. The summed E-state index contributed by atoms with van der Waals surface area (Å²) in [4.78, 5) is 10.9. The van der Waals surface area contributed by atoms with Gasteiger partial charge < -0.3 is 19.6 Å². The van der Waals surface area contributed by atoms with Crippen LogP contribution in [0, 0.1) is 6.92 Å². The van der Waals surface area contributed by atoms with Crippen molar-refractivity contribution in [2.24, 2.45) is 0 Å². The van der Waals surface area contributed by atoms with Crippen LogP contribution in [-0.2, 0) is 6.54 Å². The third kappa shape index (κ3) is 4.02. The molecule has 5 nitrogen and oxygen atoms in total. The summed E-state index contributed by atoms with van der Waals surface area (Å²) in [5.74, 6) is 0.381. The van der Waals surface area contributed by atoms with Crippen LogP contribution >= 0.6 is 0 Å². The molecule has 0 radical (unpaired) electrons. The Bertz CT molecular complexity index is 601. The summed E-state index contributed by atoms with van der Waals surface area (Å²) in [5, 5.41) is 12.1. The summed E-state index contributed by atoms with van der Waals surface area (Å²) < 4.78 is 10.8. The quantitative estimate of drug-likeness (QED) is 0.813. The van der Waals surface area contributed by atoms with Crippen LogP contribution in [0.3, 0.4) is 0 Å². The average molecular weight is 289 g/mol. The summed E-state index contributed by atoms with van der Waals surface area (Å²) >= 11 is 0. The lowest BCUT2D eigenvalue weighted by Gasteiger charge is -2.07. The second-order valence-electron chi connectivity index (χ2n) is 4.76. The lowest BCUT2D eigenvalue weighted by Crippen LogP contribution is -1.99. The fourth-order valence-electron chi connectivity index (χ4n) is 1.93. The predicted molar refractivity (Wildman–Crippen MR) is 80.0 cm³/mol. The number of benzene rings is 1. The maximum absolute atomic E-state index is 10.9. The molecule has 0 spiro atoms. The van der Waals surface area contributed by atoms with E-state index < -0.39 is 5.97 Å². The second kappa shape index (κ2) is 6.83. The first-order valence-corrected chi connectivity index (χ1v) is 6.89. The van der Waals surface area contributed by atoms with Crippen LogP contribution in [0.5, 0.6) is 5.75 Å². The molecule has 1 heterocycles. The van der Waals surface area contributed by atoms with Crippen molar-refractivity contribution in [1.29, 1.82) is 0 Å². The summed E-state index contributed by atoms with van der Waals surface area (Å²) in [6.07, 6.45) is 0.976. The second-order valence-corrected chi connectivity index (χ2v) is 4.76. The van der Waals surface area contributed by atoms with Crippen molar-refractivity contribution in [3.05, 3.63) is 47.4 Å². The molecule has 0 aliphatic heterocycles. The van der Waals surface area contributed by atoms with Crippen molar-refractivity contribution in [3.63, 3.8) is 0 Å². The molecule has 0 unspecified atom stereocenters. The van der Waals surface area contributed by atoms with E-state index in [0.29, 0.717) is 24.5 Å². The molecule has 112 valence electrons. The molecule has 0 bridgehead atoms. The van der Waals surface area contributed by atoms with Gasteiger partial charge in [-0.15, -0.1) is 0 Å². The van der Waals surface area contributed by atoms with Crippen LogP contribution in [0.1, 0.15) is 35.2 Å². The smallest absolute Gasteiger partial charge is 0.372 e. The van der Waals surface area contributed by atoms with E-state index in [1.165, 1.54) is 0 Å². The number of furan rings is 1. The SMILES string of the molecule is CCCOc1ccc(NCc2cc(C)c(C(=O)O)o2)cc1. The monoisotopic (exact) mass is 289 g/mol. The number of hydrogen-bond donors (Lipinski definition) is 2. The molecule has 2 rings (SSSR count). The van der Waals surface area contributed by atoms with Crippen molar-refractivity contribution < 1.29 is 19.1 Å². The fourth-order valence-corrected chi connectivity index (χ4v) is 1.93. The zero-order valence-corrected chi connectivity index (χ0v) is 12.2. The molecule has 0 aliphatic rings. The standard InChI is InChI=1S/C16H19NO4/c1-3-8-20-13-6-4-12(5-7-13)17-10-14-9-11(2)15(21-14)16(18)19/h4-7,9,17H,3,8,10H2,1-2H3,(H,18,19). The number of aromatic carboxylic acids is 1. The first-order chi connectivity index (χ1) is 10.1. The number of nitrogens with one attached hydrogen (secondary N) is 1. The molecule has 1 aromatic carbocycles. The van der Waals surface area contributed by atoms with Crippen LogP contribution in [-0.4, -0.2) is 17.7 Å². The summed E-state index contributed by atoms with van der Waals surface area (Å²) in [5.41, 5.74) is 1.55. The Balaban J connectivity index is 1.93. The van der Waals surface area contributed by atoms with E-state index in [4.69, 9.17) is 14.3 Å². The van der Waals surface area contributed by atoms with Crippen LogP contribution in [0.2, 0.25) is 0 Å². The van der Waals surface area contributed by atoms with Crippen molar-refractivity contribution in [3.8, 4) is 5.75 Å². The van der Waals surface area contributed by atoms with E-state index in [-0.39, 0.29) is 5.76 Å². The minimum Gasteiger partial charge on any atom is -0.494 e. The predicted octanol–water partition coefficient (Wildman–Crippen LogP) is 3.69. The Labute approximate surface area is 123 Å². The molecule has 5 heteroatoms. The van der Waals surface area contributed by atoms with Crippen molar-refractivity contribution >= 4 is 11.7 Å². The van der Waals surface area contributed by atoms with Crippen molar-refractivity contribution in [2.75, 3.05) is 11.9 Å². The highest BCUT2D eigenvalue weighted by Gasteiger charge is 2.13. The fraction of sp³-hybridized carbons (Fsp3) is 0.312. The molecular weight excluding hydrogens is 270 g/mol. The zero-order valence-electron chi connectivity index (χ0n) is 12.2. The van der Waals surface area contributed by atoms with Gasteiger partial charge in [0.1, 0.15) is 11.5 Å². The van der Waals surface area contributed by atoms with Crippen LogP contribution in [0.15, 0.2) is 34.7 Å². The summed E-state index contributed by atoms with van der Waals surface area (Å²) in [6.45, 7) is 4.92. The van der Waals surface area contributed by atoms with E-state index >= 15 is 0 Å². The highest BCUT2D eigenvalue weighted by Crippen LogP contribution is 2.19. The van der Waals surface area contributed by atoms with Gasteiger partial charge in [-0.05, 0) is 43.7 Å². The van der Waals surface area contributed by atoms with E-state index in [9.17, 15) is 4.79 Å². The van der Waals surface area contributed by atoms with Crippen LogP contribution in [0.4, 0.5) is 5.69 Å².